The molecular formula is C17H26N6O5. The van der Waals surface area contributed by atoms with Crippen LogP contribution < -0.4 is 4.74 Å². The van der Waals surface area contributed by atoms with E-state index in [9.17, 15) is 14.9 Å². The van der Waals surface area contributed by atoms with E-state index >= 15 is 0 Å². The van der Waals surface area contributed by atoms with Crippen molar-refractivity contribution in [3.63, 3.8) is 0 Å². The number of fused-ring (bicyclic) bond motifs is 1. The quantitative estimate of drug-likeness (QED) is 0.586. The Morgan fingerprint density at radius 2 is 2.00 bits per heavy atom. The van der Waals surface area contributed by atoms with Gasteiger partial charge in [0.1, 0.15) is 11.8 Å². The normalized spacial score (nSPS) is 26.8. The number of piperazine rings is 1. The van der Waals surface area contributed by atoms with Crippen LogP contribution in [0.4, 0.5) is 10.6 Å². The number of nitrogens with zero attached hydrogens (tertiary/aromatic N) is 6. The molecule has 28 heavy (non-hydrogen) atoms. The van der Waals surface area contributed by atoms with Gasteiger partial charge >= 0.3 is 17.9 Å². The van der Waals surface area contributed by atoms with Gasteiger partial charge in [0.15, 0.2) is 0 Å². The highest BCUT2D eigenvalue weighted by molar-refractivity contribution is 5.65. The van der Waals surface area contributed by atoms with Gasteiger partial charge in [-0.15, -0.1) is 0 Å². The minimum atomic E-state index is -0.829. The van der Waals surface area contributed by atoms with Crippen molar-refractivity contribution in [1.29, 1.82) is 0 Å². The number of carbonyl (C=O) groups is 1. The van der Waals surface area contributed by atoms with E-state index in [4.69, 9.17) is 9.84 Å². The molecule has 1 amide bonds. The lowest BCUT2D eigenvalue weighted by molar-refractivity contribution is -0.389. The first-order chi connectivity index (χ1) is 13.3. The number of nitro groups is 1. The Morgan fingerprint density at radius 1 is 1.32 bits per heavy atom. The monoisotopic (exact) mass is 394 g/mol. The molecule has 11 heteroatoms. The van der Waals surface area contributed by atoms with Crippen molar-refractivity contribution < 1.29 is 19.6 Å². The lowest BCUT2D eigenvalue weighted by Crippen LogP contribution is -2.55. The third kappa shape index (κ3) is 3.76. The van der Waals surface area contributed by atoms with E-state index in [0.717, 1.165) is 45.6 Å². The van der Waals surface area contributed by atoms with Crippen LogP contribution in [0.3, 0.4) is 0 Å². The standard InChI is InChI=1S/C17H26N6O5/c1-17(12-22-10-14(23(26)27)18-15(22)28-17)11-19-4-2-13(3-5-19)20-6-8-21(9-7-20)16(24)25/h10,13H,2-9,11-12H2,1H3,(H,24,25). The molecule has 0 aliphatic carbocycles. The molecule has 0 bridgehead atoms. The summed E-state index contributed by atoms with van der Waals surface area (Å²) in [6.45, 7) is 8.03. The van der Waals surface area contributed by atoms with Crippen LogP contribution in [0.5, 0.6) is 6.01 Å². The second-order valence-electron chi connectivity index (χ2n) is 8.13. The summed E-state index contributed by atoms with van der Waals surface area (Å²) in [5.41, 5.74) is -0.433. The number of hydrogen-bond acceptors (Lipinski definition) is 7. The van der Waals surface area contributed by atoms with Crippen molar-refractivity contribution in [3.8, 4) is 6.01 Å². The second kappa shape index (κ2) is 7.21. The van der Waals surface area contributed by atoms with Crippen molar-refractivity contribution in [2.24, 2.45) is 0 Å². The largest absolute Gasteiger partial charge is 0.465 e. The summed E-state index contributed by atoms with van der Waals surface area (Å²) in [7, 11) is 0. The zero-order valence-electron chi connectivity index (χ0n) is 16.0. The molecule has 3 aliphatic rings. The molecule has 154 valence electrons. The molecule has 2 fully saturated rings. The molecule has 1 atom stereocenters. The number of aromatic nitrogens is 2. The van der Waals surface area contributed by atoms with Gasteiger partial charge in [0.25, 0.3) is 0 Å². The summed E-state index contributed by atoms with van der Waals surface area (Å²) in [6, 6.07) is 0.822. The van der Waals surface area contributed by atoms with Crippen LogP contribution in [0.1, 0.15) is 19.8 Å². The fraction of sp³-hybridized carbons (Fsp3) is 0.765. The Morgan fingerprint density at radius 3 is 2.57 bits per heavy atom. The lowest BCUT2D eigenvalue weighted by Gasteiger charge is -2.43. The van der Waals surface area contributed by atoms with Crippen LogP contribution in [0.2, 0.25) is 0 Å². The molecule has 1 unspecified atom stereocenters. The van der Waals surface area contributed by atoms with Gasteiger partial charge in [0, 0.05) is 43.7 Å². The van der Waals surface area contributed by atoms with Crippen LogP contribution in [-0.2, 0) is 6.54 Å². The molecule has 0 radical (unpaired) electrons. The Labute approximate surface area is 162 Å². The molecule has 11 nitrogen and oxygen atoms in total. The highest BCUT2D eigenvalue weighted by Crippen LogP contribution is 2.32. The number of ether oxygens (including phenoxy) is 1. The zero-order valence-corrected chi connectivity index (χ0v) is 16.0. The van der Waals surface area contributed by atoms with Crippen LogP contribution in [-0.4, -0.2) is 97.8 Å². The van der Waals surface area contributed by atoms with E-state index in [1.165, 1.54) is 11.1 Å². The maximum atomic E-state index is 11.0. The molecule has 4 rings (SSSR count). The SMILES string of the molecule is CC1(CN2CCC(N3CCN(C(=O)O)CC3)CC2)Cn2cc([N+](=O)[O-])nc2O1. The molecular weight excluding hydrogens is 368 g/mol. The number of carboxylic acid groups (broad SMARTS) is 1. The predicted molar refractivity (Wildman–Crippen MR) is 98.5 cm³/mol. The number of hydrogen-bond donors (Lipinski definition) is 1. The van der Waals surface area contributed by atoms with Crippen molar-refractivity contribution in [2.75, 3.05) is 45.8 Å². The highest BCUT2D eigenvalue weighted by Gasteiger charge is 2.42. The van der Waals surface area contributed by atoms with Gasteiger partial charge in [-0.3, -0.25) is 14.4 Å². The summed E-state index contributed by atoms with van der Waals surface area (Å²) < 4.78 is 7.65. The third-order valence-corrected chi connectivity index (χ3v) is 5.97. The molecule has 1 aromatic rings. The van der Waals surface area contributed by atoms with Crippen LogP contribution in [0.25, 0.3) is 0 Å². The molecule has 4 heterocycles. The van der Waals surface area contributed by atoms with Crippen LogP contribution in [0, 0.1) is 10.1 Å². The van der Waals surface area contributed by atoms with E-state index in [1.807, 2.05) is 6.92 Å². The Kier molecular flexibility index (Phi) is 4.88. The van der Waals surface area contributed by atoms with E-state index < -0.39 is 16.6 Å². The topological polar surface area (TPSA) is 117 Å². The zero-order chi connectivity index (χ0) is 19.9. The number of piperidine rings is 1. The van der Waals surface area contributed by atoms with Crippen molar-refractivity contribution in [2.45, 2.75) is 38.0 Å². The van der Waals surface area contributed by atoms with E-state index in [-0.39, 0.29) is 5.82 Å². The minimum absolute atomic E-state index is 0.180. The molecule has 3 aliphatic heterocycles. The number of amides is 1. The average molecular weight is 394 g/mol. The van der Waals surface area contributed by atoms with Gasteiger partial charge in [0.2, 0.25) is 0 Å². The first-order valence-corrected chi connectivity index (χ1v) is 9.68. The molecule has 1 N–H and O–H groups in total. The summed E-state index contributed by atoms with van der Waals surface area (Å²) in [5, 5.41) is 19.9. The predicted octanol–water partition coefficient (Wildman–Crippen LogP) is 0.702. The van der Waals surface area contributed by atoms with Gasteiger partial charge in [-0.1, -0.05) is 0 Å². The Balaban J connectivity index is 1.25. The maximum absolute atomic E-state index is 11.0. The second-order valence-corrected chi connectivity index (χ2v) is 8.13. The number of imidazole rings is 1. The van der Waals surface area contributed by atoms with E-state index in [2.05, 4.69) is 14.8 Å². The van der Waals surface area contributed by atoms with Crippen molar-refractivity contribution >= 4 is 11.9 Å². The van der Waals surface area contributed by atoms with Gasteiger partial charge < -0.3 is 24.9 Å². The first kappa shape index (κ1) is 18.9. The fourth-order valence-corrected chi connectivity index (χ4v) is 4.56. The fourth-order valence-electron chi connectivity index (χ4n) is 4.56. The summed E-state index contributed by atoms with van der Waals surface area (Å²) in [4.78, 5) is 31.6. The minimum Gasteiger partial charge on any atom is -0.465 e. The van der Waals surface area contributed by atoms with Gasteiger partial charge in [-0.2, -0.15) is 0 Å². The smallest absolute Gasteiger partial charge is 0.415 e. The molecule has 1 aromatic heterocycles. The molecule has 0 spiro atoms. The molecule has 0 saturated carbocycles. The highest BCUT2D eigenvalue weighted by atomic mass is 16.6. The number of rotatable bonds is 4. The van der Waals surface area contributed by atoms with E-state index in [0.29, 0.717) is 31.7 Å². The average Bonchev–Trinajstić information content (AvgIpc) is 3.17. The molecule has 0 aromatic carbocycles. The van der Waals surface area contributed by atoms with Gasteiger partial charge in [-0.05, 0) is 37.8 Å². The maximum Gasteiger partial charge on any atom is 0.415 e. The lowest BCUT2D eigenvalue weighted by atomic mass is 9.99. The van der Waals surface area contributed by atoms with Gasteiger partial charge in [-0.25, -0.2) is 4.79 Å². The first-order valence-electron chi connectivity index (χ1n) is 9.68. The van der Waals surface area contributed by atoms with Crippen LogP contribution >= 0.6 is 0 Å². The Bertz CT molecular complexity index is 728. The van der Waals surface area contributed by atoms with Crippen LogP contribution in [0.15, 0.2) is 6.20 Å². The summed E-state index contributed by atoms with van der Waals surface area (Å²) >= 11 is 0. The summed E-state index contributed by atoms with van der Waals surface area (Å²) in [6.07, 6.45) is 2.71. The Hall–Kier alpha value is -2.40. The van der Waals surface area contributed by atoms with Crippen molar-refractivity contribution in [3.05, 3.63) is 16.3 Å². The van der Waals surface area contributed by atoms with Gasteiger partial charge in [0.05, 0.1) is 6.54 Å². The number of likely N-dealkylation sites (tertiary alicyclic amines) is 1. The molecule has 2 saturated heterocycles. The third-order valence-electron chi connectivity index (χ3n) is 5.97. The van der Waals surface area contributed by atoms with Crippen molar-refractivity contribution in [1.82, 2.24) is 24.3 Å². The van der Waals surface area contributed by atoms with E-state index in [1.54, 1.807) is 4.57 Å². The summed E-state index contributed by atoms with van der Waals surface area (Å²) in [5.74, 6) is -0.180.